The summed E-state index contributed by atoms with van der Waals surface area (Å²) in [7, 11) is 0. The molecule has 2 aliphatic rings. The maximum atomic E-state index is 13.3. The molecule has 0 radical (unpaired) electrons. The van der Waals surface area contributed by atoms with Crippen molar-refractivity contribution in [3.8, 4) is 11.5 Å². The van der Waals surface area contributed by atoms with Crippen molar-refractivity contribution in [3.05, 3.63) is 59.2 Å². The summed E-state index contributed by atoms with van der Waals surface area (Å²) in [6.45, 7) is 8.06. The molecular formula is C26H33Cl2NO3. The van der Waals surface area contributed by atoms with E-state index in [0.717, 1.165) is 44.5 Å². The van der Waals surface area contributed by atoms with Gasteiger partial charge in [-0.15, -0.1) is 24.0 Å². The van der Waals surface area contributed by atoms with Gasteiger partial charge in [0.25, 0.3) is 0 Å². The van der Waals surface area contributed by atoms with Gasteiger partial charge < -0.3 is 9.47 Å². The molecule has 6 heteroatoms. The number of benzene rings is 2. The Kier molecular flexibility index (Phi) is 8.49. The van der Waals surface area contributed by atoms with Crippen LogP contribution in [0.4, 0.5) is 0 Å². The van der Waals surface area contributed by atoms with Gasteiger partial charge in [-0.3, -0.25) is 9.69 Å². The number of Topliss-reactive ketones (excluding diaryl/α,β-unsaturated/α-hetero) is 1. The van der Waals surface area contributed by atoms with Crippen molar-refractivity contribution in [2.24, 2.45) is 5.92 Å². The third-order valence-corrected chi connectivity index (χ3v) is 6.92. The van der Waals surface area contributed by atoms with E-state index >= 15 is 0 Å². The number of nitrogens with zero attached hydrogens (tertiary/aromatic N) is 1. The SMILES string of the molecule is CCOc1cc2c(cc1OCC)C(=O)C(Cl)(CC1CCN(Cc3ccccc3)CC1)C2.Cl. The summed E-state index contributed by atoms with van der Waals surface area (Å²) in [6, 6.07) is 14.4. The van der Waals surface area contributed by atoms with Gasteiger partial charge >= 0.3 is 0 Å². The van der Waals surface area contributed by atoms with Crippen LogP contribution in [0, 0.1) is 5.92 Å². The van der Waals surface area contributed by atoms with Crippen molar-refractivity contribution < 1.29 is 14.3 Å². The summed E-state index contributed by atoms with van der Waals surface area (Å²) in [5, 5.41) is 0. The number of likely N-dealkylation sites (tertiary alicyclic amines) is 1. The predicted octanol–water partition coefficient (Wildman–Crippen LogP) is 5.92. The summed E-state index contributed by atoms with van der Waals surface area (Å²) < 4.78 is 11.5. The first-order chi connectivity index (χ1) is 15.0. The molecule has 4 nitrogen and oxygen atoms in total. The Labute approximate surface area is 202 Å². The number of carbonyl (C=O) groups excluding carboxylic acids is 1. The Hall–Kier alpha value is -1.75. The van der Waals surface area contributed by atoms with E-state index in [1.54, 1.807) is 0 Å². The molecule has 1 aliphatic carbocycles. The number of fused-ring (bicyclic) bond motifs is 1. The molecule has 2 aromatic carbocycles. The van der Waals surface area contributed by atoms with E-state index in [1.165, 1.54) is 5.56 Å². The quantitative estimate of drug-likeness (QED) is 0.442. The normalized spacial score (nSPS) is 21.2. The Bertz CT molecular complexity index is 913. The molecule has 1 atom stereocenters. The van der Waals surface area contributed by atoms with Crippen LogP contribution in [0.5, 0.6) is 11.5 Å². The lowest BCUT2D eigenvalue weighted by Gasteiger charge is -2.34. The van der Waals surface area contributed by atoms with E-state index in [1.807, 2.05) is 26.0 Å². The maximum Gasteiger partial charge on any atom is 0.184 e. The summed E-state index contributed by atoms with van der Waals surface area (Å²) in [5.74, 6) is 1.85. The first kappa shape index (κ1) is 24.9. The number of rotatable bonds is 8. The fourth-order valence-electron chi connectivity index (χ4n) is 4.93. The number of hydrogen-bond donors (Lipinski definition) is 0. The van der Waals surface area contributed by atoms with E-state index in [4.69, 9.17) is 21.1 Å². The highest BCUT2D eigenvalue weighted by atomic mass is 35.5. The fraction of sp³-hybridized carbons (Fsp3) is 0.500. The van der Waals surface area contributed by atoms with Gasteiger partial charge in [0.05, 0.1) is 13.2 Å². The molecule has 2 aromatic rings. The predicted molar refractivity (Wildman–Crippen MR) is 132 cm³/mol. The summed E-state index contributed by atoms with van der Waals surface area (Å²) in [6.07, 6.45) is 3.47. The highest BCUT2D eigenvalue weighted by Crippen LogP contribution is 2.45. The second kappa shape index (κ2) is 10.9. The lowest BCUT2D eigenvalue weighted by molar-refractivity contribution is 0.0919. The van der Waals surface area contributed by atoms with Crippen LogP contribution in [0.15, 0.2) is 42.5 Å². The first-order valence-electron chi connectivity index (χ1n) is 11.4. The molecule has 1 unspecified atom stereocenters. The van der Waals surface area contributed by atoms with Gasteiger partial charge in [-0.2, -0.15) is 0 Å². The Balaban J connectivity index is 0.00000289. The molecule has 1 saturated heterocycles. The lowest BCUT2D eigenvalue weighted by Crippen LogP contribution is -2.38. The minimum absolute atomic E-state index is 0. The average molecular weight is 478 g/mol. The largest absolute Gasteiger partial charge is 0.490 e. The van der Waals surface area contributed by atoms with Crippen LogP contribution in [-0.4, -0.2) is 41.9 Å². The molecule has 1 fully saturated rings. The van der Waals surface area contributed by atoms with Crippen molar-refractivity contribution in [2.45, 2.75) is 50.9 Å². The molecule has 0 bridgehead atoms. The molecule has 174 valence electrons. The zero-order chi connectivity index (χ0) is 21.8. The molecule has 1 aliphatic heterocycles. The van der Waals surface area contributed by atoms with Crippen LogP contribution < -0.4 is 9.47 Å². The highest BCUT2D eigenvalue weighted by Gasteiger charge is 2.46. The molecule has 0 amide bonds. The van der Waals surface area contributed by atoms with Crippen molar-refractivity contribution in [1.82, 2.24) is 4.90 Å². The summed E-state index contributed by atoms with van der Waals surface area (Å²) >= 11 is 7.00. The second-order valence-corrected chi connectivity index (χ2v) is 9.43. The van der Waals surface area contributed by atoms with Gasteiger partial charge in [-0.25, -0.2) is 0 Å². The smallest absolute Gasteiger partial charge is 0.184 e. The number of piperidine rings is 1. The third-order valence-electron chi connectivity index (χ3n) is 6.46. The molecule has 0 spiro atoms. The minimum Gasteiger partial charge on any atom is -0.490 e. The lowest BCUT2D eigenvalue weighted by atomic mass is 9.84. The van der Waals surface area contributed by atoms with Crippen molar-refractivity contribution in [3.63, 3.8) is 0 Å². The summed E-state index contributed by atoms with van der Waals surface area (Å²) in [5.41, 5.74) is 3.03. The number of halogens is 2. The van der Waals surface area contributed by atoms with E-state index in [2.05, 4.69) is 35.2 Å². The second-order valence-electron chi connectivity index (χ2n) is 8.70. The maximum absolute atomic E-state index is 13.3. The van der Waals surface area contributed by atoms with Gasteiger partial charge in [0.15, 0.2) is 17.3 Å². The average Bonchev–Trinajstić information content (AvgIpc) is 3.00. The van der Waals surface area contributed by atoms with E-state index in [9.17, 15) is 4.79 Å². The van der Waals surface area contributed by atoms with Gasteiger partial charge in [0, 0.05) is 12.1 Å². The van der Waals surface area contributed by atoms with Crippen LogP contribution >= 0.6 is 24.0 Å². The Morgan fingerprint density at radius 1 is 1.03 bits per heavy atom. The molecule has 32 heavy (non-hydrogen) atoms. The van der Waals surface area contributed by atoms with Crippen molar-refractivity contribution in [1.29, 1.82) is 0 Å². The minimum atomic E-state index is -0.844. The number of ketones is 1. The highest BCUT2D eigenvalue weighted by molar-refractivity contribution is 6.39. The molecule has 0 N–H and O–H groups in total. The van der Waals surface area contributed by atoms with Gasteiger partial charge in [0.2, 0.25) is 0 Å². The molecule has 1 heterocycles. The standard InChI is InChI=1S/C26H32ClNO3.ClH/c1-3-30-23-14-21-17-26(27,25(29)22(21)15-24(23)31-4-2)16-19-10-12-28(13-11-19)18-20-8-6-5-7-9-20;/h5-9,14-15,19H,3-4,10-13,16-18H2,1-2H3;1H. The van der Waals surface area contributed by atoms with Gasteiger partial charge in [-0.05, 0) is 81.8 Å². The van der Waals surface area contributed by atoms with Crippen molar-refractivity contribution >= 4 is 29.8 Å². The molecule has 4 rings (SSSR count). The van der Waals surface area contributed by atoms with Crippen LogP contribution in [0.3, 0.4) is 0 Å². The third kappa shape index (κ3) is 5.41. The zero-order valence-electron chi connectivity index (χ0n) is 18.9. The topological polar surface area (TPSA) is 38.8 Å². The number of ether oxygens (including phenoxy) is 2. The zero-order valence-corrected chi connectivity index (χ0v) is 20.5. The summed E-state index contributed by atoms with van der Waals surface area (Å²) in [4.78, 5) is 14.9. The molecular weight excluding hydrogens is 445 g/mol. The fourth-order valence-corrected chi connectivity index (χ4v) is 5.40. The van der Waals surface area contributed by atoms with E-state index < -0.39 is 4.87 Å². The Morgan fingerprint density at radius 3 is 2.28 bits per heavy atom. The van der Waals surface area contributed by atoms with Crippen LogP contribution in [0.1, 0.15) is 54.6 Å². The number of carbonyl (C=O) groups is 1. The van der Waals surface area contributed by atoms with Crippen LogP contribution in [-0.2, 0) is 13.0 Å². The van der Waals surface area contributed by atoms with Gasteiger partial charge in [0.1, 0.15) is 4.87 Å². The van der Waals surface area contributed by atoms with Crippen LogP contribution in [0.2, 0.25) is 0 Å². The van der Waals surface area contributed by atoms with Crippen molar-refractivity contribution in [2.75, 3.05) is 26.3 Å². The Morgan fingerprint density at radius 2 is 1.66 bits per heavy atom. The monoisotopic (exact) mass is 477 g/mol. The molecule has 0 aromatic heterocycles. The first-order valence-corrected chi connectivity index (χ1v) is 11.8. The number of hydrogen-bond acceptors (Lipinski definition) is 4. The van der Waals surface area contributed by atoms with Crippen LogP contribution in [0.25, 0.3) is 0 Å². The van der Waals surface area contributed by atoms with Gasteiger partial charge in [-0.1, -0.05) is 30.3 Å². The molecule has 0 saturated carbocycles. The number of alkyl halides is 1. The van der Waals surface area contributed by atoms with E-state index in [0.29, 0.717) is 42.6 Å². The van der Waals surface area contributed by atoms with E-state index in [-0.39, 0.29) is 18.2 Å².